The molecule has 0 aromatic heterocycles. The third-order valence-electron chi connectivity index (χ3n) is 3.65. The van der Waals surface area contributed by atoms with Crippen LogP contribution in [0.15, 0.2) is 48.5 Å². The second-order valence-electron chi connectivity index (χ2n) is 6.00. The Morgan fingerprint density at radius 1 is 1.00 bits per heavy atom. The van der Waals surface area contributed by atoms with E-state index in [2.05, 4.69) is 5.32 Å². The highest BCUT2D eigenvalue weighted by atomic mass is 16.5. The van der Waals surface area contributed by atoms with Crippen LogP contribution in [0.25, 0.3) is 0 Å². The minimum atomic E-state index is -0.486. The highest BCUT2D eigenvalue weighted by Crippen LogP contribution is 2.22. The van der Waals surface area contributed by atoms with Crippen LogP contribution in [-0.4, -0.2) is 19.6 Å². The van der Waals surface area contributed by atoms with E-state index in [-0.39, 0.29) is 12.5 Å². The van der Waals surface area contributed by atoms with Gasteiger partial charge >= 0.3 is 0 Å². The zero-order valence-electron chi connectivity index (χ0n) is 14.1. The fourth-order valence-corrected chi connectivity index (χ4v) is 2.25. The number of carbonyl (C=O) groups excluding carboxylic acids is 1. The molecule has 23 heavy (non-hydrogen) atoms. The minimum absolute atomic E-state index is 0.0113. The van der Waals surface area contributed by atoms with Gasteiger partial charge in [0.2, 0.25) is 0 Å². The van der Waals surface area contributed by atoms with Crippen LogP contribution in [0.1, 0.15) is 25.0 Å². The number of benzene rings is 2. The summed E-state index contributed by atoms with van der Waals surface area (Å²) in [4.78, 5) is 12.1. The summed E-state index contributed by atoms with van der Waals surface area (Å²) in [5.74, 6) is 1.32. The molecular weight excluding hydrogens is 290 g/mol. The summed E-state index contributed by atoms with van der Waals surface area (Å²) in [6.45, 7) is 5.91. The molecule has 0 saturated carbocycles. The van der Waals surface area contributed by atoms with Crippen molar-refractivity contribution in [1.29, 1.82) is 0 Å². The molecule has 2 rings (SSSR count). The van der Waals surface area contributed by atoms with Gasteiger partial charge in [-0.05, 0) is 50.6 Å². The molecule has 4 nitrogen and oxygen atoms in total. The Hall–Kier alpha value is -2.49. The van der Waals surface area contributed by atoms with Gasteiger partial charge in [-0.3, -0.25) is 4.79 Å². The van der Waals surface area contributed by atoms with Gasteiger partial charge in [-0.15, -0.1) is 0 Å². The van der Waals surface area contributed by atoms with E-state index in [1.165, 1.54) is 0 Å². The predicted octanol–water partition coefficient (Wildman–Crippen LogP) is 3.43. The molecule has 0 fully saturated rings. The van der Waals surface area contributed by atoms with E-state index in [9.17, 15) is 4.79 Å². The molecule has 0 aliphatic carbocycles. The highest BCUT2D eigenvalue weighted by molar-refractivity contribution is 5.78. The van der Waals surface area contributed by atoms with Gasteiger partial charge in [-0.1, -0.05) is 29.8 Å². The number of hydrogen-bond donors (Lipinski definition) is 1. The first-order valence-corrected chi connectivity index (χ1v) is 7.56. The predicted molar refractivity (Wildman–Crippen MR) is 90.8 cm³/mol. The summed E-state index contributed by atoms with van der Waals surface area (Å²) in [5, 5.41) is 2.99. The molecule has 0 spiro atoms. The molecule has 4 heteroatoms. The van der Waals surface area contributed by atoms with E-state index in [1.807, 2.05) is 69.3 Å². The fraction of sp³-hybridized carbons (Fsp3) is 0.316. The van der Waals surface area contributed by atoms with Crippen LogP contribution in [0.3, 0.4) is 0 Å². The van der Waals surface area contributed by atoms with Crippen molar-refractivity contribution in [2.45, 2.75) is 26.3 Å². The summed E-state index contributed by atoms with van der Waals surface area (Å²) >= 11 is 0. The van der Waals surface area contributed by atoms with Crippen molar-refractivity contribution in [3.63, 3.8) is 0 Å². The third-order valence-corrected chi connectivity index (χ3v) is 3.65. The molecule has 0 saturated heterocycles. The van der Waals surface area contributed by atoms with Crippen LogP contribution in [0, 0.1) is 6.92 Å². The van der Waals surface area contributed by atoms with Gasteiger partial charge in [0.15, 0.2) is 6.61 Å². The number of rotatable bonds is 6. The molecule has 1 N–H and O–H groups in total. The average molecular weight is 313 g/mol. The van der Waals surface area contributed by atoms with Crippen molar-refractivity contribution >= 4 is 5.91 Å². The van der Waals surface area contributed by atoms with E-state index in [4.69, 9.17) is 9.47 Å². The quantitative estimate of drug-likeness (QED) is 0.889. The number of amides is 1. The molecular formula is C19H23NO3. The molecule has 0 heterocycles. The first kappa shape index (κ1) is 16.9. The number of hydrogen-bond acceptors (Lipinski definition) is 3. The molecule has 0 unspecified atom stereocenters. The topological polar surface area (TPSA) is 47.6 Å². The molecule has 0 atom stereocenters. The highest BCUT2D eigenvalue weighted by Gasteiger charge is 2.23. The lowest BCUT2D eigenvalue weighted by Crippen LogP contribution is -2.43. The second kappa shape index (κ2) is 7.18. The smallest absolute Gasteiger partial charge is 0.258 e. The van der Waals surface area contributed by atoms with Gasteiger partial charge in [0.1, 0.15) is 11.5 Å². The van der Waals surface area contributed by atoms with Gasteiger partial charge in [0.25, 0.3) is 5.91 Å². The Kier molecular flexibility index (Phi) is 5.27. The van der Waals surface area contributed by atoms with Crippen LogP contribution >= 0.6 is 0 Å². The maximum absolute atomic E-state index is 12.1. The van der Waals surface area contributed by atoms with E-state index < -0.39 is 5.54 Å². The zero-order chi connectivity index (χ0) is 16.9. The van der Waals surface area contributed by atoms with Gasteiger partial charge in [0, 0.05) is 0 Å². The molecule has 122 valence electrons. The Bertz CT molecular complexity index is 645. The Labute approximate surface area is 137 Å². The SMILES string of the molecule is COc1ccc(C(C)(C)NC(=O)COc2ccc(C)cc2)cc1. The number of nitrogens with one attached hydrogen (secondary N) is 1. The number of carbonyl (C=O) groups is 1. The lowest BCUT2D eigenvalue weighted by atomic mass is 9.94. The van der Waals surface area contributed by atoms with Gasteiger partial charge in [0.05, 0.1) is 12.6 Å². The number of aryl methyl sites for hydroxylation is 1. The molecule has 2 aromatic carbocycles. The lowest BCUT2D eigenvalue weighted by Gasteiger charge is -2.27. The van der Waals surface area contributed by atoms with E-state index in [0.717, 1.165) is 16.9 Å². The Morgan fingerprint density at radius 3 is 2.13 bits per heavy atom. The van der Waals surface area contributed by atoms with Crippen molar-refractivity contribution < 1.29 is 14.3 Å². The maximum Gasteiger partial charge on any atom is 0.258 e. The van der Waals surface area contributed by atoms with E-state index >= 15 is 0 Å². The van der Waals surface area contributed by atoms with E-state index in [0.29, 0.717) is 5.75 Å². The van der Waals surface area contributed by atoms with Crippen molar-refractivity contribution in [3.8, 4) is 11.5 Å². The van der Waals surface area contributed by atoms with Crippen LogP contribution in [0.2, 0.25) is 0 Å². The monoisotopic (exact) mass is 313 g/mol. The summed E-state index contributed by atoms with van der Waals surface area (Å²) in [7, 11) is 1.63. The number of ether oxygens (including phenoxy) is 2. The molecule has 0 aliphatic rings. The largest absolute Gasteiger partial charge is 0.497 e. The van der Waals surface area contributed by atoms with Crippen LogP contribution in [0.4, 0.5) is 0 Å². The fourth-order valence-electron chi connectivity index (χ4n) is 2.25. The van der Waals surface area contributed by atoms with Crippen molar-refractivity contribution in [3.05, 3.63) is 59.7 Å². The lowest BCUT2D eigenvalue weighted by molar-refractivity contribution is -0.124. The summed E-state index contributed by atoms with van der Waals surface area (Å²) < 4.78 is 10.7. The van der Waals surface area contributed by atoms with Gasteiger partial charge in [-0.25, -0.2) is 0 Å². The Balaban J connectivity index is 1.93. The van der Waals surface area contributed by atoms with Gasteiger partial charge in [-0.2, -0.15) is 0 Å². The van der Waals surface area contributed by atoms with Crippen LogP contribution < -0.4 is 14.8 Å². The average Bonchev–Trinajstić information content (AvgIpc) is 2.54. The second-order valence-corrected chi connectivity index (χ2v) is 6.00. The van der Waals surface area contributed by atoms with Crippen molar-refractivity contribution in [2.24, 2.45) is 0 Å². The summed E-state index contributed by atoms with van der Waals surface area (Å²) in [6.07, 6.45) is 0. The van der Waals surface area contributed by atoms with E-state index in [1.54, 1.807) is 7.11 Å². The van der Waals surface area contributed by atoms with Crippen LogP contribution in [0.5, 0.6) is 11.5 Å². The standard InChI is InChI=1S/C19H23NO3/c1-14-5-9-17(10-6-14)23-13-18(21)20-19(2,3)15-7-11-16(22-4)12-8-15/h5-12H,13H2,1-4H3,(H,20,21). The van der Waals surface area contributed by atoms with Crippen LogP contribution in [-0.2, 0) is 10.3 Å². The maximum atomic E-state index is 12.1. The molecule has 0 radical (unpaired) electrons. The first-order valence-electron chi connectivity index (χ1n) is 7.56. The Morgan fingerprint density at radius 2 is 1.57 bits per heavy atom. The first-order chi connectivity index (χ1) is 10.9. The summed E-state index contributed by atoms with van der Waals surface area (Å²) in [6, 6.07) is 15.3. The summed E-state index contributed by atoms with van der Waals surface area (Å²) in [5.41, 5.74) is 1.67. The molecule has 2 aromatic rings. The number of methoxy groups -OCH3 is 1. The minimum Gasteiger partial charge on any atom is -0.497 e. The zero-order valence-corrected chi connectivity index (χ0v) is 14.1. The molecule has 1 amide bonds. The molecule has 0 bridgehead atoms. The normalized spacial score (nSPS) is 11.0. The third kappa shape index (κ3) is 4.74. The van der Waals surface area contributed by atoms with Crippen molar-refractivity contribution in [2.75, 3.05) is 13.7 Å². The molecule has 0 aliphatic heterocycles. The van der Waals surface area contributed by atoms with Gasteiger partial charge < -0.3 is 14.8 Å². The van der Waals surface area contributed by atoms with Crippen molar-refractivity contribution in [1.82, 2.24) is 5.32 Å².